The summed E-state index contributed by atoms with van der Waals surface area (Å²) in [4.78, 5) is 17.7. The van der Waals surface area contributed by atoms with Gasteiger partial charge >= 0.3 is 0 Å². The molecule has 0 spiro atoms. The summed E-state index contributed by atoms with van der Waals surface area (Å²) in [5.41, 5.74) is 7.69. The lowest BCUT2D eigenvalue weighted by Crippen LogP contribution is -2.39. The van der Waals surface area contributed by atoms with Gasteiger partial charge in [-0.1, -0.05) is 44.2 Å². The molecule has 0 fully saturated rings. The third-order valence-corrected chi connectivity index (χ3v) is 4.41. The number of rotatable bonds is 6. The van der Waals surface area contributed by atoms with Crippen molar-refractivity contribution in [3.63, 3.8) is 0 Å². The van der Waals surface area contributed by atoms with Crippen molar-refractivity contribution in [3.05, 3.63) is 35.2 Å². The molecule has 2 rings (SSSR count). The maximum absolute atomic E-state index is 12.0. The summed E-state index contributed by atoms with van der Waals surface area (Å²) in [7, 11) is 1.51. The summed E-state index contributed by atoms with van der Waals surface area (Å²) in [5.74, 6) is 0.0384. The first-order chi connectivity index (χ1) is 10.5. The van der Waals surface area contributed by atoms with Gasteiger partial charge in [0.25, 0.3) is 0 Å². The monoisotopic (exact) mass is 355 g/mol. The molecular formula is C16H22ClN3O2S. The Hall–Kier alpha value is -1.47. The second-order valence-corrected chi connectivity index (χ2v) is 6.33. The first kappa shape index (κ1) is 19.6. The summed E-state index contributed by atoms with van der Waals surface area (Å²) < 4.78 is 4.90. The molecular weight excluding hydrogens is 334 g/mol. The average molecular weight is 356 g/mol. The van der Waals surface area contributed by atoms with E-state index in [2.05, 4.69) is 24.1 Å². The molecule has 0 bridgehead atoms. The van der Waals surface area contributed by atoms with Crippen LogP contribution in [-0.2, 0) is 9.53 Å². The Morgan fingerprint density at radius 3 is 2.57 bits per heavy atom. The first-order valence-corrected chi connectivity index (χ1v) is 7.96. The molecule has 23 heavy (non-hydrogen) atoms. The Morgan fingerprint density at radius 1 is 1.35 bits per heavy atom. The molecule has 1 amide bonds. The van der Waals surface area contributed by atoms with Crippen molar-refractivity contribution in [1.82, 2.24) is 4.98 Å². The number of nitrogens with two attached hydrogens (primary N) is 1. The Morgan fingerprint density at radius 2 is 2.00 bits per heavy atom. The second kappa shape index (κ2) is 8.98. The zero-order valence-electron chi connectivity index (χ0n) is 13.4. The van der Waals surface area contributed by atoms with Crippen LogP contribution in [0.15, 0.2) is 30.3 Å². The lowest BCUT2D eigenvalue weighted by molar-refractivity contribution is -0.118. The fraction of sp³-hybridized carbons (Fsp3) is 0.375. The van der Waals surface area contributed by atoms with E-state index >= 15 is 0 Å². The molecule has 0 radical (unpaired) electrons. The van der Waals surface area contributed by atoms with Gasteiger partial charge in [0.05, 0.1) is 12.3 Å². The van der Waals surface area contributed by atoms with E-state index in [-0.39, 0.29) is 24.9 Å². The minimum Gasteiger partial charge on any atom is -0.383 e. The number of hydrogen-bond donors (Lipinski definition) is 2. The number of carbonyl (C=O) groups is 1. The van der Waals surface area contributed by atoms with Crippen LogP contribution in [0.1, 0.15) is 24.6 Å². The number of ether oxygens (including phenoxy) is 1. The number of anilines is 1. The van der Waals surface area contributed by atoms with Gasteiger partial charge < -0.3 is 15.8 Å². The number of nitrogens with zero attached hydrogens (tertiary/aromatic N) is 1. The van der Waals surface area contributed by atoms with Crippen molar-refractivity contribution in [2.24, 2.45) is 5.73 Å². The summed E-state index contributed by atoms with van der Waals surface area (Å²) >= 11 is 1.49. The standard InChI is InChI=1S/C16H21N3O2S.ClH/c1-10(2)14-13(11-7-5-4-6-8-11)18-16(22-14)19-15(20)12(17)9-21-3;/h4-8,10,12H,9,17H2,1-3H3,(H,18,19,20);1H. The van der Waals surface area contributed by atoms with Gasteiger partial charge in [0.2, 0.25) is 5.91 Å². The van der Waals surface area contributed by atoms with E-state index in [1.54, 1.807) is 0 Å². The van der Waals surface area contributed by atoms with Crippen molar-refractivity contribution in [2.45, 2.75) is 25.8 Å². The molecule has 7 heteroatoms. The normalized spacial score (nSPS) is 11.9. The Kier molecular flexibility index (Phi) is 7.64. The number of methoxy groups -OCH3 is 1. The van der Waals surface area contributed by atoms with Gasteiger partial charge in [0, 0.05) is 17.6 Å². The number of amides is 1. The van der Waals surface area contributed by atoms with Crippen LogP contribution in [0.3, 0.4) is 0 Å². The van der Waals surface area contributed by atoms with Gasteiger partial charge in [-0.15, -0.1) is 23.7 Å². The van der Waals surface area contributed by atoms with E-state index in [1.807, 2.05) is 30.3 Å². The predicted octanol–water partition coefficient (Wildman–Crippen LogP) is 3.27. The topological polar surface area (TPSA) is 77.2 Å². The molecule has 0 aliphatic heterocycles. The second-order valence-electron chi connectivity index (χ2n) is 5.30. The third kappa shape index (κ3) is 5.00. The van der Waals surface area contributed by atoms with Crippen LogP contribution in [0.5, 0.6) is 0 Å². The minimum atomic E-state index is -0.698. The summed E-state index contributed by atoms with van der Waals surface area (Å²) in [6.07, 6.45) is 0. The number of benzene rings is 1. The Bertz CT molecular complexity index is 632. The fourth-order valence-electron chi connectivity index (χ4n) is 2.03. The number of carbonyl (C=O) groups excluding carboxylic acids is 1. The van der Waals surface area contributed by atoms with Crippen molar-refractivity contribution in [3.8, 4) is 11.3 Å². The quantitative estimate of drug-likeness (QED) is 0.833. The number of hydrogen-bond acceptors (Lipinski definition) is 5. The Balaban J connectivity index is 0.00000264. The molecule has 3 N–H and O–H groups in total. The lowest BCUT2D eigenvalue weighted by atomic mass is 10.1. The van der Waals surface area contributed by atoms with Crippen LogP contribution >= 0.6 is 23.7 Å². The molecule has 2 aromatic rings. The first-order valence-electron chi connectivity index (χ1n) is 7.14. The van der Waals surface area contributed by atoms with Crippen molar-refractivity contribution in [1.29, 1.82) is 0 Å². The summed E-state index contributed by atoms with van der Waals surface area (Å²) in [6.45, 7) is 4.41. The number of nitrogens with one attached hydrogen (secondary N) is 1. The van der Waals surface area contributed by atoms with Gasteiger partial charge in [-0.05, 0) is 5.92 Å². The van der Waals surface area contributed by atoms with E-state index in [9.17, 15) is 4.79 Å². The fourth-order valence-corrected chi connectivity index (χ4v) is 3.03. The smallest absolute Gasteiger partial charge is 0.245 e. The van der Waals surface area contributed by atoms with E-state index in [1.165, 1.54) is 18.4 Å². The van der Waals surface area contributed by atoms with E-state index in [0.717, 1.165) is 16.1 Å². The van der Waals surface area contributed by atoms with Crippen LogP contribution in [-0.4, -0.2) is 30.6 Å². The van der Waals surface area contributed by atoms with Gasteiger partial charge in [-0.2, -0.15) is 0 Å². The van der Waals surface area contributed by atoms with Gasteiger partial charge in [-0.25, -0.2) is 4.98 Å². The molecule has 0 aliphatic carbocycles. The molecule has 0 saturated carbocycles. The van der Waals surface area contributed by atoms with Crippen molar-refractivity contribution >= 4 is 34.8 Å². The van der Waals surface area contributed by atoms with Crippen LogP contribution in [0.4, 0.5) is 5.13 Å². The highest BCUT2D eigenvalue weighted by Gasteiger charge is 2.19. The summed E-state index contributed by atoms with van der Waals surface area (Å²) in [5, 5.41) is 3.34. The van der Waals surface area contributed by atoms with Crippen LogP contribution in [0, 0.1) is 0 Å². The largest absolute Gasteiger partial charge is 0.383 e. The van der Waals surface area contributed by atoms with Gasteiger partial charge in [-0.3, -0.25) is 4.79 Å². The average Bonchev–Trinajstić information content (AvgIpc) is 2.92. The molecule has 1 aromatic heterocycles. The molecule has 5 nitrogen and oxygen atoms in total. The van der Waals surface area contributed by atoms with E-state index in [4.69, 9.17) is 10.5 Å². The SMILES string of the molecule is COCC(N)C(=O)Nc1nc(-c2ccccc2)c(C(C)C)s1.Cl. The van der Waals surface area contributed by atoms with Crippen molar-refractivity contribution < 1.29 is 9.53 Å². The van der Waals surface area contributed by atoms with E-state index < -0.39 is 6.04 Å². The molecule has 1 heterocycles. The van der Waals surface area contributed by atoms with Crippen LogP contribution < -0.4 is 11.1 Å². The molecule has 1 unspecified atom stereocenters. The highest BCUT2D eigenvalue weighted by atomic mass is 35.5. The highest BCUT2D eigenvalue weighted by Crippen LogP contribution is 2.36. The molecule has 1 atom stereocenters. The van der Waals surface area contributed by atoms with E-state index in [0.29, 0.717) is 11.0 Å². The zero-order valence-corrected chi connectivity index (χ0v) is 15.0. The zero-order chi connectivity index (χ0) is 16.1. The molecule has 0 saturated heterocycles. The number of thiazole rings is 1. The number of halogens is 1. The van der Waals surface area contributed by atoms with Crippen molar-refractivity contribution in [2.75, 3.05) is 19.0 Å². The molecule has 0 aliphatic rings. The number of aromatic nitrogens is 1. The lowest BCUT2D eigenvalue weighted by Gasteiger charge is -2.08. The van der Waals surface area contributed by atoms with Crippen LogP contribution in [0.25, 0.3) is 11.3 Å². The summed E-state index contributed by atoms with van der Waals surface area (Å²) in [6, 6.07) is 9.26. The minimum absolute atomic E-state index is 0. The molecule has 126 valence electrons. The predicted molar refractivity (Wildman–Crippen MR) is 97.4 cm³/mol. The van der Waals surface area contributed by atoms with Gasteiger partial charge in [0.15, 0.2) is 5.13 Å². The molecule has 1 aromatic carbocycles. The van der Waals surface area contributed by atoms with Crippen LogP contribution in [0.2, 0.25) is 0 Å². The maximum Gasteiger partial charge on any atom is 0.245 e. The van der Waals surface area contributed by atoms with Gasteiger partial charge in [0.1, 0.15) is 6.04 Å². The maximum atomic E-state index is 12.0. The Labute approximate surface area is 146 Å². The third-order valence-electron chi connectivity index (χ3n) is 3.14. The highest BCUT2D eigenvalue weighted by molar-refractivity contribution is 7.16.